The minimum Gasteiger partial charge on any atom is -0.311 e. The Bertz CT molecular complexity index is 371. The monoisotopic (exact) mass is 260 g/mol. The van der Waals surface area contributed by atoms with Crippen LogP contribution in [0.2, 0.25) is 0 Å². The van der Waals surface area contributed by atoms with Crippen molar-refractivity contribution in [1.82, 2.24) is 10.2 Å². The summed E-state index contributed by atoms with van der Waals surface area (Å²) < 4.78 is 0. The van der Waals surface area contributed by atoms with E-state index in [1.165, 1.54) is 30.5 Å². The molecule has 2 heteroatoms. The maximum Gasteiger partial charge on any atom is 0.0237 e. The number of nitrogens with one attached hydrogen (secondary N) is 1. The lowest BCUT2D eigenvalue weighted by Gasteiger charge is -2.39. The highest BCUT2D eigenvalue weighted by Gasteiger charge is 2.24. The van der Waals surface area contributed by atoms with E-state index in [1.807, 2.05) is 0 Å². The molecule has 2 rings (SSSR count). The molecule has 1 fully saturated rings. The zero-order valence-corrected chi connectivity index (χ0v) is 12.7. The number of benzene rings is 1. The molecule has 1 aromatic carbocycles. The number of rotatable bonds is 5. The van der Waals surface area contributed by atoms with Gasteiger partial charge in [0.25, 0.3) is 0 Å². The zero-order valence-electron chi connectivity index (χ0n) is 12.7. The molecule has 0 spiro atoms. The van der Waals surface area contributed by atoms with Crippen molar-refractivity contribution in [2.75, 3.05) is 13.1 Å². The van der Waals surface area contributed by atoms with Crippen molar-refractivity contribution in [3.63, 3.8) is 0 Å². The molecule has 19 heavy (non-hydrogen) atoms. The van der Waals surface area contributed by atoms with Crippen LogP contribution in [-0.4, -0.2) is 30.1 Å². The van der Waals surface area contributed by atoms with E-state index in [0.29, 0.717) is 12.1 Å². The van der Waals surface area contributed by atoms with Gasteiger partial charge in [-0.15, -0.1) is 0 Å². The van der Waals surface area contributed by atoms with E-state index >= 15 is 0 Å². The van der Waals surface area contributed by atoms with Gasteiger partial charge in [0.2, 0.25) is 0 Å². The second-order valence-corrected chi connectivity index (χ2v) is 5.85. The fourth-order valence-electron chi connectivity index (χ4n) is 2.96. The Morgan fingerprint density at radius 3 is 2.47 bits per heavy atom. The summed E-state index contributed by atoms with van der Waals surface area (Å²) in [6.45, 7) is 10.2. The third-order valence-electron chi connectivity index (χ3n) is 4.17. The molecule has 1 aromatic rings. The quantitative estimate of drug-likeness (QED) is 0.874. The van der Waals surface area contributed by atoms with Gasteiger partial charge in [-0.3, -0.25) is 4.90 Å². The van der Waals surface area contributed by atoms with E-state index in [0.717, 1.165) is 19.5 Å². The average Bonchev–Trinajstić information content (AvgIpc) is 2.43. The van der Waals surface area contributed by atoms with Gasteiger partial charge in [-0.2, -0.15) is 0 Å². The van der Waals surface area contributed by atoms with Gasteiger partial charge < -0.3 is 5.32 Å². The van der Waals surface area contributed by atoms with E-state index in [9.17, 15) is 0 Å². The molecular formula is C17H28N2. The van der Waals surface area contributed by atoms with Gasteiger partial charge >= 0.3 is 0 Å². The summed E-state index contributed by atoms with van der Waals surface area (Å²) in [6, 6.07) is 10.5. The van der Waals surface area contributed by atoms with Gasteiger partial charge in [0, 0.05) is 31.7 Å². The van der Waals surface area contributed by atoms with Gasteiger partial charge in [0.05, 0.1) is 0 Å². The zero-order chi connectivity index (χ0) is 13.7. The van der Waals surface area contributed by atoms with Gasteiger partial charge in [-0.05, 0) is 30.9 Å². The molecule has 0 saturated carbocycles. The van der Waals surface area contributed by atoms with Gasteiger partial charge in [0.1, 0.15) is 0 Å². The first-order chi connectivity index (χ1) is 9.22. The lowest BCUT2D eigenvalue weighted by Crippen LogP contribution is -2.54. The second kappa shape index (κ2) is 7.06. The normalized spacial score (nSPS) is 24.6. The smallest absolute Gasteiger partial charge is 0.0237 e. The predicted molar refractivity (Wildman–Crippen MR) is 82.4 cm³/mol. The van der Waals surface area contributed by atoms with E-state index in [1.54, 1.807) is 0 Å². The van der Waals surface area contributed by atoms with Crippen LogP contribution >= 0.6 is 0 Å². The Hall–Kier alpha value is -0.860. The largest absolute Gasteiger partial charge is 0.311 e. The average molecular weight is 260 g/mol. The van der Waals surface area contributed by atoms with Crippen LogP contribution in [0, 0.1) is 0 Å². The summed E-state index contributed by atoms with van der Waals surface area (Å²) in [4.78, 5) is 2.66. The van der Waals surface area contributed by atoms with Crippen LogP contribution in [0.5, 0.6) is 0 Å². The first kappa shape index (κ1) is 14.5. The van der Waals surface area contributed by atoms with Gasteiger partial charge in [-0.1, -0.05) is 44.5 Å². The molecule has 1 heterocycles. The standard InChI is InChI=1S/C17H28N2/c1-4-6-17-11-18-14(3)12-19(17)13-16-9-7-15(5-2)8-10-16/h7-10,14,17-18H,4-6,11-13H2,1-3H3. The summed E-state index contributed by atoms with van der Waals surface area (Å²) in [6.07, 6.45) is 3.70. The topological polar surface area (TPSA) is 15.3 Å². The van der Waals surface area contributed by atoms with E-state index in [4.69, 9.17) is 0 Å². The number of hydrogen-bond acceptors (Lipinski definition) is 2. The van der Waals surface area contributed by atoms with Crippen LogP contribution < -0.4 is 5.32 Å². The molecular weight excluding hydrogens is 232 g/mol. The first-order valence-electron chi connectivity index (χ1n) is 7.78. The van der Waals surface area contributed by atoms with Crippen molar-refractivity contribution in [3.05, 3.63) is 35.4 Å². The number of aryl methyl sites for hydroxylation is 1. The Kier molecular flexibility index (Phi) is 5.41. The van der Waals surface area contributed by atoms with Gasteiger partial charge in [0.15, 0.2) is 0 Å². The van der Waals surface area contributed by atoms with Crippen LogP contribution in [0.4, 0.5) is 0 Å². The van der Waals surface area contributed by atoms with Crippen molar-refractivity contribution in [2.45, 2.75) is 58.7 Å². The van der Waals surface area contributed by atoms with E-state index in [-0.39, 0.29) is 0 Å². The summed E-state index contributed by atoms with van der Waals surface area (Å²) in [5, 5.41) is 3.61. The molecule has 0 radical (unpaired) electrons. The molecule has 0 aromatic heterocycles. The van der Waals surface area contributed by atoms with E-state index < -0.39 is 0 Å². The molecule has 1 aliphatic rings. The highest BCUT2D eigenvalue weighted by atomic mass is 15.2. The summed E-state index contributed by atoms with van der Waals surface area (Å²) in [5.41, 5.74) is 2.88. The molecule has 2 unspecified atom stereocenters. The maximum atomic E-state index is 3.61. The first-order valence-corrected chi connectivity index (χ1v) is 7.78. The molecule has 1 N–H and O–H groups in total. The van der Waals surface area contributed by atoms with Crippen molar-refractivity contribution in [1.29, 1.82) is 0 Å². The highest BCUT2D eigenvalue weighted by Crippen LogP contribution is 2.16. The Morgan fingerprint density at radius 2 is 1.84 bits per heavy atom. The Morgan fingerprint density at radius 1 is 1.16 bits per heavy atom. The molecule has 0 aliphatic carbocycles. The number of piperazine rings is 1. The lowest BCUT2D eigenvalue weighted by molar-refractivity contribution is 0.120. The van der Waals surface area contributed by atoms with Gasteiger partial charge in [-0.25, -0.2) is 0 Å². The Balaban J connectivity index is 2.00. The van der Waals surface area contributed by atoms with Crippen LogP contribution in [-0.2, 0) is 13.0 Å². The highest BCUT2D eigenvalue weighted by molar-refractivity contribution is 5.22. The minimum atomic E-state index is 0.614. The number of nitrogens with zero attached hydrogens (tertiary/aromatic N) is 1. The lowest BCUT2D eigenvalue weighted by atomic mass is 10.0. The summed E-state index contributed by atoms with van der Waals surface area (Å²) >= 11 is 0. The molecule has 2 nitrogen and oxygen atoms in total. The third kappa shape index (κ3) is 4.05. The molecule has 1 saturated heterocycles. The molecule has 1 aliphatic heterocycles. The van der Waals surface area contributed by atoms with E-state index in [2.05, 4.69) is 55.3 Å². The SMILES string of the molecule is CCCC1CNC(C)CN1Cc1ccc(CC)cc1. The van der Waals surface area contributed by atoms with Crippen molar-refractivity contribution >= 4 is 0 Å². The van der Waals surface area contributed by atoms with Crippen LogP contribution in [0.1, 0.15) is 44.7 Å². The molecule has 2 atom stereocenters. The fourth-order valence-corrected chi connectivity index (χ4v) is 2.96. The number of hydrogen-bond donors (Lipinski definition) is 1. The van der Waals surface area contributed by atoms with Crippen molar-refractivity contribution in [2.24, 2.45) is 0 Å². The summed E-state index contributed by atoms with van der Waals surface area (Å²) in [7, 11) is 0. The molecule has 0 bridgehead atoms. The van der Waals surface area contributed by atoms with Crippen molar-refractivity contribution in [3.8, 4) is 0 Å². The molecule has 0 amide bonds. The summed E-state index contributed by atoms with van der Waals surface area (Å²) in [5.74, 6) is 0. The Labute approximate surface area is 118 Å². The predicted octanol–water partition coefficient (Wildman–Crippen LogP) is 3.21. The van der Waals surface area contributed by atoms with Crippen molar-refractivity contribution < 1.29 is 0 Å². The molecule has 106 valence electrons. The third-order valence-corrected chi connectivity index (χ3v) is 4.17. The fraction of sp³-hybridized carbons (Fsp3) is 0.647. The minimum absolute atomic E-state index is 0.614. The maximum absolute atomic E-state index is 3.61. The van der Waals surface area contributed by atoms with Crippen LogP contribution in [0.3, 0.4) is 0 Å². The van der Waals surface area contributed by atoms with Crippen LogP contribution in [0.25, 0.3) is 0 Å². The van der Waals surface area contributed by atoms with Crippen LogP contribution in [0.15, 0.2) is 24.3 Å². The second-order valence-electron chi connectivity index (χ2n) is 5.85.